The van der Waals surface area contributed by atoms with Crippen LogP contribution in [0.1, 0.15) is 18.4 Å². The number of hydrogen-bond acceptors (Lipinski definition) is 4. The van der Waals surface area contributed by atoms with E-state index in [2.05, 4.69) is 16.0 Å². The molecule has 0 radical (unpaired) electrons. The number of rotatable bonds is 7. The van der Waals surface area contributed by atoms with Gasteiger partial charge in [-0.15, -0.1) is 0 Å². The quantitative estimate of drug-likeness (QED) is 0.665. The predicted molar refractivity (Wildman–Crippen MR) is 95.5 cm³/mol. The van der Waals surface area contributed by atoms with Gasteiger partial charge in [0.05, 0.1) is 0 Å². The fourth-order valence-electron chi connectivity index (χ4n) is 2.54. The lowest BCUT2D eigenvalue weighted by molar-refractivity contribution is -0.120. The van der Waals surface area contributed by atoms with Gasteiger partial charge >= 0.3 is 6.03 Å². The number of nitrogens with one attached hydrogen (secondary N) is 3. The second-order valence-electron chi connectivity index (χ2n) is 5.90. The molecule has 4 amide bonds. The summed E-state index contributed by atoms with van der Waals surface area (Å²) < 4.78 is 5.69. The Morgan fingerprint density at radius 3 is 2.42 bits per heavy atom. The van der Waals surface area contributed by atoms with Crippen LogP contribution in [0.4, 0.5) is 10.5 Å². The lowest BCUT2D eigenvalue weighted by Crippen LogP contribution is -2.30. The highest BCUT2D eigenvalue weighted by Gasteiger charge is 2.29. The largest absolute Gasteiger partial charge is 0.489 e. The summed E-state index contributed by atoms with van der Waals surface area (Å²) in [4.78, 5) is 34.4. The van der Waals surface area contributed by atoms with E-state index < -0.39 is 18.0 Å². The standard InChI is InChI=1S/C19H19N3O4/c23-17(11-10-16-18(24)22-19(25)21-16)20-14-6-8-15(9-7-14)26-12-13-4-2-1-3-5-13/h1-9,16H,10-12H2,(H,20,23)(H2,21,22,24,25). The van der Waals surface area contributed by atoms with E-state index in [-0.39, 0.29) is 18.7 Å². The minimum absolute atomic E-state index is 0.130. The normalized spacial score (nSPS) is 15.9. The van der Waals surface area contributed by atoms with Crippen molar-refractivity contribution < 1.29 is 19.1 Å². The predicted octanol–water partition coefficient (Wildman–Crippen LogP) is 2.19. The molecule has 1 aliphatic heterocycles. The Morgan fingerprint density at radius 1 is 1.04 bits per heavy atom. The highest BCUT2D eigenvalue weighted by atomic mass is 16.5. The number of hydrogen-bond donors (Lipinski definition) is 3. The van der Waals surface area contributed by atoms with Crippen LogP contribution in [0.15, 0.2) is 54.6 Å². The van der Waals surface area contributed by atoms with Crippen molar-refractivity contribution >= 4 is 23.5 Å². The molecule has 3 N–H and O–H groups in total. The third-order valence-corrected chi connectivity index (χ3v) is 3.91. The lowest BCUT2D eigenvalue weighted by atomic mass is 10.1. The Morgan fingerprint density at radius 2 is 1.77 bits per heavy atom. The summed E-state index contributed by atoms with van der Waals surface area (Å²) in [7, 11) is 0. The molecule has 26 heavy (non-hydrogen) atoms. The number of imide groups is 1. The summed E-state index contributed by atoms with van der Waals surface area (Å²) >= 11 is 0. The maximum atomic E-state index is 12.0. The van der Waals surface area contributed by atoms with E-state index in [0.717, 1.165) is 5.56 Å². The molecular weight excluding hydrogens is 334 g/mol. The van der Waals surface area contributed by atoms with Crippen molar-refractivity contribution in [3.63, 3.8) is 0 Å². The van der Waals surface area contributed by atoms with Crippen molar-refractivity contribution in [1.82, 2.24) is 10.6 Å². The van der Waals surface area contributed by atoms with Crippen molar-refractivity contribution in [2.75, 3.05) is 5.32 Å². The van der Waals surface area contributed by atoms with Gasteiger partial charge in [-0.3, -0.25) is 14.9 Å². The Balaban J connectivity index is 1.44. The number of urea groups is 1. The van der Waals surface area contributed by atoms with Crippen LogP contribution in [0.3, 0.4) is 0 Å². The number of carbonyl (C=O) groups is 3. The third-order valence-electron chi connectivity index (χ3n) is 3.91. The molecule has 7 nitrogen and oxygen atoms in total. The smallest absolute Gasteiger partial charge is 0.322 e. The fourth-order valence-corrected chi connectivity index (χ4v) is 2.54. The Bertz CT molecular complexity index is 790. The van der Waals surface area contributed by atoms with Gasteiger partial charge in [0.15, 0.2) is 0 Å². The summed E-state index contributed by atoms with van der Waals surface area (Å²) in [5, 5.41) is 7.35. The molecule has 7 heteroatoms. The third kappa shape index (κ3) is 4.83. The molecule has 1 unspecified atom stereocenters. The highest BCUT2D eigenvalue weighted by molar-refractivity contribution is 6.04. The van der Waals surface area contributed by atoms with Crippen LogP contribution in [0.25, 0.3) is 0 Å². The zero-order chi connectivity index (χ0) is 18.4. The van der Waals surface area contributed by atoms with Crippen LogP contribution in [-0.2, 0) is 16.2 Å². The average molecular weight is 353 g/mol. The maximum Gasteiger partial charge on any atom is 0.322 e. The highest BCUT2D eigenvalue weighted by Crippen LogP contribution is 2.17. The molecule has 1 heterocycles. The van der Waals surface area contributed by atoms with Gasteiger partial charge in [-0.2, -0.15) is 0 Å². The van der Waals surface area contributed by atoms with Crippen molar-refractivity contribution in [3.8, 4) is 5.75 Å². The summed E-state index contributed by atoms with van der Waals surface area (Å²) in [6.45, 7) is 0.474. The first-order valence-electron chi connectivity index (χ1n) is 8.28. The van der Waals surface area contributed by atoms with Crippen molar-refractivity contribution in [3.05, 3.63) is 60.2 Å². The monoisotopic (exact) mass is 353 g/mol. The molecule has 1 aliphatic rings. The zero-order valence-corrected chi connectivity index (χ0v) is 14.0. The van der Waals surface area contributed by atoms with E-state index in [0.29, 0.717) is 18.0 Å². The number of benzene rings is 2. The van der Waals surface area contributed by atoms with Gasteiger partial charge in [0.25, 0.3) is 5.91 Å². The van der Waals surface area contributed by atoms with Crippen molar-refractivity contribution in [2.45, 2.75) is 25.5 Å². The molecule has 1 saturated heterocycles. The van der Waals surface area contributed by atoms with Crippen molar-refractivity contribution in [2.24, 2.45) is 0 Å². The van der Waals surface area contributed by atoms with Crippen LogP contribution < -0.4 is 20.7 Å². The van der Waals surface area contributed by atoms with E-state index in [1.54, 1.807) is 24.3 Å². The van der Waals surface area contributed by atoms with E-state index in [1.165, 1.54) is 0 Å². The number of amides is 4. The van der Waals surface area contributed by atoms with E-state index >= 15 is 0 Å². The second-order valence-corrected chi connectivity index (χ2v) is 5.90. The van der Waals surface area contributed by atoms with Gasteiger partial charge in [0.1, 0.15) is 18.4 Å². The van der Waals surface area contributed by atoms with Crippen LogP contribution >= 0.6 is 0 Å². The summed E-state index contributed by atoms with van der Waals surface area (Å²) in [6.07, 6.45) is 0.381. The Hall–Kier alpha value is -3.35. The maximum absolute atomic E-state index is 12.0. The van der Waals surface area contributed by atoms with Gasteiger partial charge in [0.2, 0.25) is 5.91 Å². The van der Waals surface area contributed by atoms with E-state index in [1.807, 2.05) is 30.3 Å². The first-order chi connectivity index (χ1) is 12.6. The SMILES string of the molecule is O=C(CCC1NC(=O)NC1=O)Nc1ccc(OCc2ccccc2)cc1. The van der Waals surface area contributed by atoms with Gasteiger partial charge in [-0.1, -0.05) is 30.3 Å². The molecule has 1 fully saturated rings. The van der Waals surface area contributed by atoms with E-state index in [9.17, 15) is 14.4 Å². The molecule has 0 aliphatic carbocycles. The summed E-state index contributed by atoms with van der Waals surface area (Å²) in [6, 6.07) is 15.7. The molecule has 3 rings (SSSR count). The minimum Gasteiger partial charge on any atom is -0.489 e. The number of ether oxygens (including phenoxy) is 1. The van der Waals surface area contributed by atoms with Gasteiger partial charge in [-0.25, -0.2) is 4.79 Å². The first-order valence-corrected chi connectivity index (χ1v) is 8.28. The van der Waals surface area contributed by atoms with Crippen LogP contribution in [-0.4, -0.2) is 23.9 Å². The van der Waals surface area contributed by atoms with Crippen LogP contribution in [0.5, 0.6) is 5.75 Å². The van der Waals surface area contributed by atoms with Crippen molar-refractivity contribution in [1.29, 1.82) is 0 Å². The Labute approximate surface area is 150 Å². The van der Waals surface area contributed by atoms with Crippen LogP contribution in [0.2, 0.25) is 0 Å². The first kappa shape index (κ1) is 17.5. The molecule has 134 valence electrons. The van der Waals surface area contributed by atoms with Gasteiger partial charge < -0.3 is 15.4 Å². The second kappa shape index (κ2) is 8.15. The number of anilines is 1. The molecule has 1 atom stereocenters. The lowest BCUT2D eigenvalue weighted by Gasteiger charge is -2.09. The van der Waals surface area contributed by atoms with Crippen LogP contribution in [0, 0.1) is 0 Å². The van der Waals surface area contributed by atoms with Gasteiger partial charge in [0, 0.05) is 12.1 Å². The van der Waals surface area contributed by atoms with E-state index in [4.69, 9.17) is 4.74 Å². The molecule has 0 aromatic heterocycles. The molecule has 0 saturated carbocycles. The average Bonchev–Trinajstić information content (AvgIpc) is 2.97. The van der Waals surface area contributed by atoms with Gasteiger partial charge in [-0.05, 0) is 36.2 Å². The number of carbonyl (C=O) groups excluding carboxylic acids is 3. The molecular formula is C19H19N3O4. The zero-order valence-electron chi connectivity index (χ0n) is 14.0. The fraction of sp³-hybridized carbons (Fsp3) is 0.211. The molecule has 2 aromatic rings. The molecule has 0 spiro atoms. The topological polar surface area (TPSA) is 96.5 Å². The summed E-state index contributed by atoms with van der Waals surface area (Å²) in [5.41, 5.74) is 1.72. The minimum atomic E-state index is -0.651. The molecule has 2 aromatic carbocycles. The summed E-state index contributed by atoms with van der Waals surface area (Å²) in [5.74, 6) is 0.0804. The molecule has 0 bridgehead atoms. The Kier molecular flexibility index (Phi) is 5.48.